The van der Waals surface area contributed by atoms with Crippen LogP contribution < -0.4 is 15.2 Å². The molecule has 0 unspecified atom stereocenters. The van der Waals surface area contributed by atoms with Gasteiger partial charge in [-0.25, -0.2) is 0 Å². The maximum absolute atomic E-state index is 12.2. The minimum Gasteiger partial charge on any atom is -0.546 e. The van der Waals surface area contributed by atoms with Crippen LogP contribution in [-0.4, -0.2) is 18.5 Å². The van der Waals surface area contributed by atoms with Gasteiger partial charge in [0.2, 0.25) is 0 Å². The summed E-state index contributed by atoms with van der Waals surface area (Å²) in [6, 6.07) is 15.4. The Morgan fingerprint density at radius 2 is 1.96 bits per heavy atom. The van der Waals surface area contributed by atoms with Crippen molar-refractivity contribution in [2.45, 2.75) is 6.92 Å². The zero-order valence-electron chi connectivity index (χ0n) is 13.5. The first-order valence-corrected chi connectivity index (χ1v) is 7.40. The van der Waals surface area contributed by atoms with E-state index in [2.05, 4.69) is 5.32 Å². The van der Waals surface area contributed by atoms with Crippen molar-refractivity contribution in [2.24, 2.45) is 0 Å². The number of carbonyl (C=O) groups is 2. The van der Waals surface area contributed by atoms with Gasteiger partial charge in [0.1, 0.15) is 24.0 Å². The number of hydrogen-bond acceptors (Lipinski definition) is 5. The van der Waals surface area contributed by atoms with E-state index in [0.29, 0.717) is 17.0 Å². The number of carboxylic acids is 1. The van der Waals surface area contributed by atoms with E-state index < -0.39 is 18.5 Å². The molecule has 0 radical (unpaired) electrons. The second kappa shape index (κ2) is 8.31. The van der Waals surface area contributed by atoms with Gasteiger partial charge in [0.15, 0.2) is 0 Å². The molecule has 2 rings (SSSR count). The number of carboxylic acid groups (broad SMARTS) is 1. The van der Waals surface area contributed by atoms with Crippen LogP contribution in [0.15, 0.2) is 54.1 Å². The molecule has 0 atom stereocenters. The third-order valence-corrected chi connectivity index (χ3v) is 3.19. The van der Waals surface area contributed by atoms with Crippen LogP contribution in [-0.2, 0) is 9.59 Å². The monoisotopic (exact) mass is 335 g/mol. The van der Waals surface area contributed by atoms with Gasteiger partial charge < -0.3 is 20.0 Å². The molecule has 0 saturated carbocycles. The van der Waals surface area contributed by atoms with Gasteiger partial charge in [-0.1, -0.05) is 24.3 Å². The third-order valence-electron chi connectivity index (χ3n) is 3.19. The number of hydrogen-bond donors (Lipinski definition) is 1. The van der Waals surface area contributed by atoms with Gasteiger partial charge in [-0.3, -0.25) is 4.79 Å². The van der Waals surface area contributed by atoms with E-state index in [0.717, 1.165) is 5.56 Å². The molecule has 6 heteroatoms. The SMILES string of the molecule is Cc1cccc(NC(=O)/C(C#N)=C\c2ccc(OCC(=O)[O-])cc2)c1. The molecule has 0 fully saturated rings. The van der Waals surface area contributed by atoms with Gasteiger partial charge in [-0.05, 0) is 48.4 Å². The number of anilines is 1. The fraction of sp³-hybridized carbons (Fsp3) is 0.105. The summed E-state index contributed by atoms with van der Waals surface area (Å²) in [6.45, 7) is 1.36. The summed E-state index contributed by atoms with van der Waals surface area (Å²) in [7, 11) is 0. The van der Waals surface area contributed by atoms with Crippen molar-refractivity contribution in [1.29, 1.82) is 5.26 Å². The summed E-state index contributed by atoms with van der Waals surface area (Å²) in [5.41, 5.74) is 2.16. The lowest BCUT2D eigenvalue weighted by Crippen LogP contribution is -2.28. The molecule has 0 bridgehead atoms. The lowest BCUT2D eigenvalue weighted by molar-refractivity contribution is -0.307. The Kier molecular flexibility index (Phi) is 5.91. The number of rotatable bonds is 6. The average Bonchev–Trinajstić information content (AvgIpc) is 2.58. The van der Waals surface area contributed by atoms with Crippen LogP contribution in [0.2, 0.25) is 0 Å². The van der Waals surface area contributed by atoms with Gasteiger partial charge in [0.05, 0.1) is 5.97 Å². The number of ether oxygens (including phenoxy) is 1. The fourth-order valence-electron chi connectivity index (χ4n) is 2.04. The normalized spacial score (nSPS) is 10.6. The molecule has 1 amide bonds. The van der Waals surface area contributed by atoms with Crippen molar-refractivity contribution >= 4 is 23.6 Å². The Labute approximate surface area is 145 Å². The standard InChI is InChI=1S/C19H16N2O4/c1-13-3-2-4-16(9-13)21-19(24)15(11-20)10-14-5-7-17(8-6-14)25-12-18(22)23/h2-10H,12H2,1H3,(H,21,24)(H,22,23)/p-1/b15-10-. The van der Waals surface area contributed by atoms with Crippen molar-refractivity contribution < 1.29 is 19.4 Å². The molecule has 0 aliphatic carbocycles. The minimum absolute atomic E-state index is 0.0510. The predicted octanol–water partition coefficient (Wildman–Crippen LogP) is 1.67. The lowest BCUT2D eigenvalue weighted by Gasteiger charge is -2.07. The molecular formula is C19H15N2O4-. The highest BCUT2D eigenvalue weighted by molar-refractivity contribution is 6.09. The molecular weight excluding hydrogens is 320 g/mol. The molecule has 6 nitrogen and oxygen atoms in total. The summed E-state index contributed by atoms with van der Waals surface area (Å²) in [5.74, 6) is -1.47. The Balaban J connectivity index is 2.09. The molecule has 0 saturated heterocycles. The van der Waals surface area contributed by atoms with E-state index in [9.17, 15) is 20.0 Å². The largest absolute Gasteiger partial charge is 0.546 e. The van der Waals surface area contributed by atoms with E-state index >= 15 is 0 Å². The third kappa shape index (κ3) is 5.52. The number of aryl methyl sites for hydroxylation is 1. The highest BCUT2D eigenvalue weighted by atomic mass is 16.5. The van der Waals surface area contributed by atoms with Gasteiger partial charge in [-0.2, -0.15) is 5.26 Å². The molecule has 1 N–H and O–H groups in total. The first kappa shape index (κ1) is 17.8. The summed E-state index contributed by atoms with van der Waals surface area (Å²) >= 11 is 0. The van der Waals surface area contributed by atoms with E-state index in [-0.39, 0.29) is 5.57 Å². The number of benzene rings is 2. The topological polar surface area (TPSA) is 102 Å². The number of aliphatic carboxylic acids is 1. The Morgan fingerprint density at radius 1 is 1.24 bits per heavy atom. The van der Waals surface area contributed by atoms with Crippen LogP contribution >= 0.6 is 0 Å². The first-order chi connectivity index (χ1) is 12.0. The zero-order chi connectivity index (χ0) is 18.2. The van der Waals surface area contributed by atoms with E-state index in [1.54, 1.807) is 36.4 Å². The smallest absolute Gasteiger partial charge is 0.266 e. The van der Waals surface area contributed by atoms with Crippen LogP contribution in [0.3, 0.4) is 0 Å². The Morgan fingerprint density at radius 3 is 2.56 bits per heavy atom. The highest BCUT2D eigenvalue weighted by Crippen LogP contribution is 2.16. The van der Waals surface area contributed by atoms with E-state index in [4.69, 9.17) is 4.74 Å². The molecule has 2 aromatic rings. The summed E-state index contributed by atoms with van der Waals surface area (Å²) in [6.07, 6.45) is 1.44. The maximum atomic E-state index is 12.2. The Bertz CT molecular complexity index is 848. The van der Waals surface area contributed by atoms with Crippen LogP contribution in [0.25, 0.3) is 6.08 Å². The minimum atomic E-state index is -1.32. The van der Waals surface area contributed by atoms with Crippen LogP contribution in [0.1, 0.15) is 11.1 Å². The van der Waals surface area contributed by atoms with Crippen LogP contribution in [0.4, 0.5) is 5.69 Å². The predicted molar refractivity (Wildman–Crippen MR) is 90.3 cm³/mol. The zero-order valence-corrected chi connectivity index (χ0v) is 13.5. The first-order valence-electron chi connectivity index (χ1n) is 7.40. The van der Waals surface area contributed by atoms with Crippen LogP contribution in [0, 0.1) is 18.3 Å². The summed E-state index contributed by atoms with van der Waals surface area (Å²) < 4.78 is 4.96. The molecule has 0 spiro atoms. The number of amides is 1. The van der Waals surface area contributed by atoms with Crippen molar-refractivity contribution in [3.05, 3.63) is 65.2 Å². The van der Waals surface area contributed by atoms with Crippen LogP contribution in [0.5, 0.6) is 5.75 Å². The average molecular weight is 335 g/mol. The van der Waals surface area contributed by atoms with Crippen molar-refractivity contribution in [1.82, 2.24) is 0 Å². The number of nitrogens with one attached hydrogen (secondary N) is 1. The molecule has 25 heavy (non-hydrogen) atoms. The molecule has 126 valence electrons. The summed E-state index contributed by atoms with van der Waals surface area (Å²) in [5, 5.41) is 22.2. The molecule has 2 aromatic carbocycles. The van der Waals surface area contributed by atoms with Crippen molar-refractivity contribution in [3.63, 3.8) is 0 Å². The van der Waals surface area contributed by atoms with Gasteiger partial charge in [0.25, 0.3) is 5.91 Å². The maximum Gasteiger partial charge on any atom is 0.266 e. The number of nitrogens with zero attached hydrogens (tertiary/aromatic N) is 1. The molecule has 0 aromatic heterocycles. The molecule has 0 heterocycles. The number of carbonyl (C=O) groups excluding carboxylic acids is 2. The quantitative estimate of drug-likeness (QED) is 0.639. The molecule has 0 aliphatic rings. The summed E-state index contributed by atoms with van der Waals surface area (Å²) in [4.78, 5) is 22.5. The van der Waals surface area contributed by atoms with Gasteiger partial charge in [-0.15, -0.1) is 0 Å². The van der Waals surface area contributed by atoms with Crippen molar-refractivity contribution in [3.8, 4) is 11.8 Å². The number of nitriles is 1. The molecule has 0 aliphatic heterocycles. The second-order valence-corrected chi connectivity index (χ2v) is 5.22. The lowest BCUT2D eigenvalue weighted by atomic mass is 10.1. The Hall–Kier alpha value is -3.59. The van der Waals surface area contributed by atoms with Crippen molar-refractivity contribution in [2.75, 3.05) is 11.9 Å². The van der Waals surface area contributed by atoms with Gasteiger partial charge in [0, 0.05) is 5.69 Å². The van der Waals surface area contributed by atoms with Gasteiger partial charge >= 0.3 is 0 Å². The second-order valence-electron chi connectivity index (χ2n) is 5.22. The highest BCUT2D eigenvalue weighted by Gasteiger charge is 2.09. The van der Waals surface area contributed by atoms with E-state index in [1.807, 2.05) is 25.1 Å². The van der Waals surface area contributed by atoms with E-state index in [1.165, 1.54) is 6.08 Å². The fourth-order valence-corrected chi connectivity index (χ4v) is 2.04.